The van der Waals surface area contributed by atoms with Crippen LogP contribution >= 0.6 is 11.6 Å². The van der Waals surface area contributed by atoms with Gasteiger partial charge >= 0.3 is 0 Å². The first-order valence-corrected chi connectivity index (χ1v) is 7.38. The van der Waals surface area contributed by atoms with Crippen LogP contribution in [0.3, 0.4) is 0 Å². The highest BCUT2D eigenvalue weighted by Gasteiger charge is 2.17. The molecule has 20 heavy (non-hydrogen) atoms. The Labute approximate surface area is 123 Å². The summed E-state index contributed by atoms with van der Waals surface area (Å²) < 4.78 is 0. The van der Waals surface area contributed by atoms with E-state index in [1.165, 1.54) is 19.3 Å². The number of amides is 2. The Morgan fingerprint density at radius 3 is 2.50 bits per heavy atom. The van der Waals surface area contributed by atoms with E-state index in [0.29, 0.717) is 22.9 Å². The van der Waals surface area contributed by atoms with E-state index in [-0.39, 0.29) is 5.91 Å². The van der Waals surface area contributed by atoms with Crippen LogP contribution in [0.25, 0.3) is 0 Å². The second-order valence-electron chi connectivity index (χ2n) is 5.19. The topological polar surface area (TPSA) is 58.2 Å². The molecule has 1 fully saturated rings. The van der Waals surface area contributed by atoms with E-state index in [0.717, 1.165) is 12.8 Å². The van der Waals surface area contributed by atoms with Crippen molar-refractivity contribution in [1.82, 2.24) is 10.9 Å². The van der Waals surface area contributed by atoms with Gasteiger partial charge in [-0.3, -0.25) is 20.4 Å². The van der Waals surface area contributed by atoms with Gasteiger partial charge < -0.3 is 0 Å². The maximum absolute atomic E-state index is 11.9. The molecule has 1 saturated carbocycles. The predicted octanol–water partition coefficient (Wildman–Crippen LogP) is 3.07. The van der Waals surface area contributed by atoms with Crippen LogP contribution in [0.1, 0.15) is 48.9 Å². The van der Waals surface area contributed by atoms with Gasteiger partial charge in [-0.25, -0.2) is 0 Å². The molecule has 2 rings (SSSR count). The second-order valence-corrected chi connectivity index (χ2v) is 5.60. The summed E-state index contributed by atoms with van der Waals surface area (Å²) in [5.41, 5.74) is 5.22. The first kappa shape index (κ1) is 14.9. The quantitative estimate of drug-likeness (QED) is 0.842. The van der Waals surface area contributed by atoms with E-state index in [2.05, 4.69) is 10.9 Å². The zero-order valence-electron chi connectivity index (χ0n) is 11.3. The SMILES string of the molecule is O=C(CC1CCCCC1)NNC(=O)c1ccccc1Cl. The third-order valence-electron chi connectivity index (χ3n) is 3.63. The maximum atomic E-state index is 11.9. The van der Waals surface area contributed by atoms with Gasteiger partial charge in [0.2, 0.25) is 5.91 Å². The zero-order valence-corrected chi connectivity index (χ0v) is 12.1. The molecule has 108 valence electrons. The highest BCUT2D eigenvalue weighted by molar-refractivity contribution is 6.33. The summed E-state index contributed by atoms with van der Waals surface area (Å²) in [7, 11) is 0. The molecular weight excluding hydrogens is 276 g/mol. The van der Waals surface area contributed by atoms with Crippen molar-refractivity contribution in [3.8, 4) is 0 Å². The number of rotatable bonds is 3. The minimum Gasteiger partial charge on any atom is -0.273 e. The molecule has 1 aliphatic rings. The van der Waals surface area contributed by atoms with Crippen LogP contribution in [0.15, 0.2) is 24.3 Å². The van der Waals surface area contributed by atoms with Gasteiger partial charge in [-0.15, -0.1) is 0 Å². The lowest BCUT2D eigenvalue weighted by atomic mass is 9.87. The number of hydrazine groups is 1. The fourth-order valence-corrected chi connectivity index (χ4v) is 2.77. The summed E-state index contributed by atoms with van der Waals surface area (Å²) in [5, 5.41) is 0.367. The van der Waals surface area contributed by atoms with E-state index in [4.69, 9.17) is 11.6 Å². The number of carbonyl (C=O) groups is 2. The fraction of sp³-hybridized carbons (Fsp3) is 0.467. The van der Waals surface area contributed by atoms with Gasteiger partial charge in [-0.1, -0.05) is 43.0 Å². The highest BCUT2D eigenvalue weighted by Crippen LogP contribution is 2.25. The Bertz CT molecular complexity index is 485. The van der Waals surface area contributed by atoms with Crippen LogP contribution in [0, 0.1) is 5.92 Å². The average Bonchev–Trinajstić information content (AvgIpc) is 2.46. The lowest BCUT2D eigenvalue weighted by Gasteiger charge is -2.20. The van der Waals surface area contributed by atoms with Crippen molar-refractivity contribution in [2.24, 2.45) is 5.92 Å². The van der Waals surface area contributed by atoms with Crippen molar-refractivity contribution < 1.29 is 9.59 Å². The molecule has 0 saturated heterocycles. The van der Waals surface area contributed by atoms with E-state index in [1.54, 1.807) is 24.3 Å². The van der Waals surface area contributed by atoms with Gasteiger partial charge in [-0.2, -0.15) is 0 Å². The van der Waals surface area contributed by atoms with Crippen molar-refractivity contribution >= 4 is 23.4 Å². The van der Waals surface area contributed by atoms with Crippen molar-refractivity contribution in [2.45, 2.75) is 38.5 Å². The molecule has 5 heteroatoms. The summed E-state index contributed by atoms with van der Waals surface area (Å²) in [6, 6.07) is 6.73. The van der Waals surface area contributed by atoms with Crippen LogP contribution in [0.5, 0.6) is 0 Å². The largest absolute Gasteiger partial charge is 0.273 e. The maximum Gasteiger partial charge on any atom is 0.271 e. The van der Waals surface area contributed by atoms with Crippen LogP contribution in [-0.4, -0.2) is 11.8 Å². The monoisotopic (exact) mass is 294 g/mol. The van der Waals surface area contributed by atoms with Gasteiger partial charge in [0.1, 0.15) is 0 Å². The molecule has 1 aromatic carbocycles. The van der Waals surface area contributed by atoms with E-state index < -0.39 is 5.91 Å². The molecule has 0 radical (unpaired) electrons. The molecule has 2 N–H and O–H groups in total. The lowest BCUT2D eigenvalue weighted by Crippen LogP contribution is -2.42. The molecule has 1 aromatic rings. The summed E-state index contributed by atoms with van der Waals surface area (Å²) in [6.07, 6.45) is 6.34. The standard InChI is InChI=1S/C15H19ClN2O2/c16-13-9-5-4-8-12(13)15(20)18-17-14(19)10-11-6-2-1-3-7-11/h4-5,8-9,11H,1-3,6-7,10H2,(H,17,19)(H,18,20). The highest BCUT2D eigenvalue weighted by atomic mass is 35.5. The molecule has 0 unspecified atom stereocenters. The number of halogens is 1. The smallest absolute Gasteiger partial charge is 0.271 e. The third-order valence-corrected chi connectivity index (χ3v) is 3.96. The number of benzene rings is 1. The Kier molecular flexibility index (Phi) is 5.41. The molecule has 0 aliphatic heterocycles. The Hall–Kier alpha value is -1.55. The molecule has 0 spiro atoms. The summed E-state index contributed by atoms with van der Waals surface area (Å²) in [6.45, 7) is 0. The first-order valence-electron chi connectivity index (χ1n) is 7.00. The number of carbonyl (C=O) groups excluding carboxylic acids is 2. The lowest BCUT2D eigenvalue weighted by molar-refractivity contribution is -0.123. The molecular formula is C15H19ClN2O2. The van der Waals surface area contributed by atoms with E-state index >= 15 is 0 Å². The zero-order chi connectivity index (χ0) is 14.4. The Morgan fingerprint density at radius 1 is 1.10 bits per heavy atom. The fourth-order valence-electron chi connectivity index (χ4n) is 2.54. The number of nitrogens with one attached hydrogen (secondary N) is 2. The molecule has 1 aliphatic carbocycles. The normalized spacial score (nSPS) is 15.7. The average molecular weight is 295 g/mol. The van der Waals surface area contributed by atoms with Crippen LogP contribution in [0.4, 0.5) is 0 Å². The van der Waals surface area contributed by atoms with E-state index in [1.807, 2.05) is 0 Å². The van der Waals surface area contributed by atoms with Crippen LogP contribution in [0.2, 0.25) is 5.02 Å². The van der Waals surface area contributed by atoms with Crippen molar-refractivity contribution in [3.63, 3.8) is 0 Å². The molecule has 0 aromatic heterocycles. The summed E-state index contributed by atoms with van der Waals surface area (Å²) in [5.74, 6) is -0.0918. The third kappa shape index (κ3) is 4.23. The summed E-state index contributed by atoms with van der Waals surface area (Å²) >= 11 is 5.92. The summed E-state index contributed by atoms with van der Waals surface area (Å²) in [4.78, 5) is 23.6. The van der Waals surface area contributed by atoms with E-state index in [9.17, 15) is 9.59 Å². The second kappa shape index (κ2) is 7.29. The Morgan fingerprint density at radius 2 is 1.80 bits per heavy atom. The number of hydrogen-bond donors (Lipinski definition) is 2. The first-order chi connectivity index (χ1) is 9.66. The van der Waals surface area contributed by atoms with Gasteiger partial charge in [0.05, 0.1) is 10.6 Å². The van der Waals surface area contributed by atoms with Gasteiger partial charge in [0, 0.05) is 6.42 Å². The van der Waals surface area contributed by atoms with Gasteiger partial charge in [0.15, 0.2) is 0 Å². The molecule has 4 nitrogen and oxygen atoms in total. The predicted molar refractivity (Wildman–Crippen MR) is 78.3 cm³/mol. The molecule has 0 bridgehead atoms. The molecule has 2 amide bonds. The van der Waals surface area contributed by atoms with Crippen molar-refractivity contribution in [1.29, 1.82) is 0 Å². The van der Waals surface area contributed by atoms with Gasteiger partial charge in [-0.05, 0) is 30.9 Å². The van der Waals surface area contributed by atoms with Gasteiger partial charge in [0.25, 0.3) is 5.91 Å². The molecule has 0 heterocycles. The Balaban J connectivity index is 1.78. The van der Waals surface area contributed by atoms with Crippen LogP contribution in [-0.2, 0) is 4.79 Å². The minimum absolute atomic E-state index is 0.141. The number of hydrogen-bond acceptors (Lipinski definition) is 2. The van der Waals surface area contributed by atoms with Crippen LogP contribution < -0.4 is 10.9 Å². The van der Waals surface area contributed by atoms with Crippen molar-refractivity contribution in [2.75, 3.05) is 0 Å². The van der Waals surface area contributed by atoms with Crippen molar-refractivity contribution in [3.05, 3.63) is 34.9 Å². The minimum atomic E-state index is -0.396. The molecule has 0 atom stereocenters.